The van der Waals surface area contributed by atoms with Crippen LogP contribution in [-0.4, -0.2) is 24.1 Å². The van der Waals surface area contributed by atoms with Crippen molar-refractivity contribution in [1.82, 2.24) is 5.32 Å². The molecule has 2 nitrogen and oxygen atoms in total. The summed E-state index contributed by atoms with van der Waals surface area (Å²) < 4.78 is 0. The molecule has 88 valence electrons. The Morgan fingerprint density at radius 3 is 2.88 bits per heavy atom. The average Bonchev–Trinajstić information content (AvgIpc) is 2.30. The molecular weight excluding hydrogens is 242 g/mol. The maximum atomic E-state index is 11.8. The van der Waals surface area contributed by atoms with Gasteiger partial charge in [0.1, 0.15) is 0 Å². The number of amides is 1. The van der Waals surface area contributed by atoms with Gasteiger partial charge in [0.05, 0.1) is 5.56 Å². The molecule has 0 heterocycles. The number of halogens is 1. The predicted octanol–water partition coefficient (Wildman–Crippen LogP) is 3.16. The molecule has 0 aliphatic heterocycles. The molecule has 0 fully saturated rings. The van der Waals surface area contributed by atoms with Gasteiger partial charge in [0.2, 0.25) is 0 Å². The maximum absolute atomic E-state index is 11.8. The van der Waals surface area contributed by atoms with Crippen molar-refractivity contribution < 1.29 is 4.79 Å². The summed E-state index contributed by atoms with van der Waals surface area (Å²) in [5.41, 5.74) is 0.754. The van der Waals surface area contributed by atoms with Crippen LogP contribution < -0.4 is 5.32 Å². The smallest absolute Gasteiger partial charge is 0.252 e. The van der Waals surface area contributed by atoms with E-state index in [1.54, 1.807) is 11.8 Å². The van der Waals surface area contributed by atoms with E-state index in [2.05, 4.69) is 12.2 Å². The molecule has 0 saturated heterocycles. The Labute approximate surface area is 106 Å². The minimum absolute atomic E-state index is 0.0123. The van der Waals surface area contributed by atoms with Crippen LogP contribution in [0.1, 0.15) is 23.7 Å². The topological polar surface area (TPSA) is 29.1 Å². The summed E-state index contributed by atoms with van der Waals surface area (Å²) in [6.07, 6.45) is 0.802. The minimum Gasteiger partial charge on any atom is -0.352 e. The molecule has 0 aromatic heterocycles. The number of rotatable bonds is 6. The molecular formula is C12H16ClNOS. The van der Waals surface area contributed by atoms with Crippen LogP contribution in [0.25, 0.3) is 0 Å². The largest absolute Gasteiger partial charge is 0.352 e. The highest BCUT2D eigenvalue weighted by Crippen LogP contribution is 2.21. The Balaban J connectivity index is 2.66. The van der Waals surface area contributed by atoms with E-state index < -0.39 is 0 Å². The summed E-state index contributed by atoms with van der Waals surface area (Å²) in [4.78, 5) is 12.9. The first-order chi connectivity index (χ1) is 7.79. The monoisotopic (exact) mass is 257 g/mol. The van der Waals surface area contributed by atoms with Crippen molar-refractivity contribution in [3.8, 4) is 0 Å². The zero-order chi connectivity index (χ0) is 11.8. The summed E-state index contributed by atoms with van der Waals surface area (Å²) in [7, 11) is 0. The molecule has 16 heavy (non-hydrogen) atoms. The van der Waals surface area contributed by atoms with Gasteiger partial charge in [-0.05, 0) is 24.3 Å². The first-order valence-electron chi connectivity index (χ1n) is 5.35. The normalized spacial score (nSPS) is 10.1. The summed E-state index contributed by atoms with van der Waals surface area (Å²) in [5.74, 6) is 1.53. The third-order valence-electron chi connectivity index (χ3n) is 2.03. The zero-order valence-electron chi connectivity index (χ0n) is 9.33. The quantitative estimate of drug-likeness (QED) is 0.482. The van der Waals surface area contributed by atoms with E-state index in [4.69, 9.17) is 11.6 Å². The van der Waals surface area contributed by atoms with Crippen molar-refractivity contribution in [3.63, 3.8) is 0 Å². The highest BCUT2D eigenvalue weighted by Gasteiger charge is 2.09. The Morgan fingerprint density at radius 2 is 2.19 bits per heavy atom. The van der Waals surface area contributed by atoms with Crippen molar-refractivity contribution in [3.05, 3.63) is 29.8 Å². The zero-order valence-corrected chi connectivity index (χ0v) is 10.9. The van der Waals surface area contributed by atoms with Crippen molar-refractivity contribution in [2.75, 3.05) is 18.2 Å². The van der Waals surface area contributed by atoms with Crippen LogP contribution in [0.4, 0.5) is 0 Å². The van der Waals surface area contributed by atoms with Gasteiger partial charge in [-0.3, -0.25) is 4.79 Å². The van der Waals surface area contributed by atoms with Crippen LogP contribution in [-0.2, 0) is 0 Å². The second-order valence-electron chi connectivity index (χ2n) is 3.23. The first kappa shape index (κ1) is 13.4. The third kappa shape index (κ3) is 4.06. The fourth-order valence-corrected chi connectivity index (χ4v) is 2.24. The lowest BCUT2D eigenvalue weighted by Crippen LogP contribution is -2.25. The summed E-state index contributed by atoms with van der Waals surface area (Å²) >= 11 is 7.24. The Bertz CT molecular complexity index is 344. The molecule has 0 saturated carbocycles. The van der Waals surface area contributed by atoms with E-state index in [-0.39, 0.29) is 5.91 Å². The van der Waals surface area contributed by atoms with Gasteiger partial charge in [-0.1, -0.05) is 19.1 Å². The second-order valence-corrected chi connectivity index (χ2v) is 4.91. The van der Waals surface area contributed by atoms with Crippen LogP contribution in [0.3, 0.4) is 0 Å². The summed E-state index contributed by atoms with van der Waals surface area (Å²) in [6, 6.07) is 7.67. The number of alkyl halides is 1. The van der Waals surface area contributed by atoms with E-state index in [1.807, 2.05) is 24.3 Å². The molecule has 0 bridgehead atoms. The number of benzene rings is 1. The van der Waals surface area contributed by atoms with Gasteiger partial charge in [0.15, 0.2) is 0 Å². The highest BCUT2D eigenvalue weighted by molar-refractivity contribution is 7.99. The standard InChI is InChI=1S/C12H16ClNOS/c1-2-16-11-7-4-3-6-10(11)12(15)14-9-5-8-13/h3-4,6-7H,2,5,8-9H2,1H3,(H,14,15). The lowest BCUT2D eigenvalue weighted by molar-refractivity contribution is 0.0951. The van der Waals surface area contributed by atoms with E-state index in [9.17, 15) is 4.79 Å². The van der Waals surface area contributed by atoms with Gasteiger partial charge < -0.3 is 5.32 Å². The molecule has 0 radical (unpaired) electrons. The van der Waals surface area contributed by atoms with Gasteiger partial charge in [-0.25, -0.2) is 0 Å². The van der Waals surface area contributed by atoms with E-state index in [0.717, 1.165) is 22.6 Å². The summed E-state index contributed by atoms with van der Waals surface area (Å²) in [6.45, 7) is 2.71. The van der Waals surface area contributed by atoms with Crippen LogP contribution in [0, 0.1) is 0 Å². The van der Waals surface area contributed by atoms with E-state index in [0.29, 0.717) is 12.4 Å². The van der Waals surface area contributed by atoms with Crippen molar-refractivity contribution >= 4 is 29.3 Å². The van der Waals surface area contributed by atoms with Crippen LogP contribution in [0.15, 0.2) is 29.2 Å². The molecule has 0 aliphatic rings. The average molecular weight is 258 g/mol. The number of thioether (sulfide) groups is 1. The Morgan fingerprint density at radius 1 is 1.44 bits per heavy atom. The highest BCUT2D eigenvalue weighted by atomic mass is 35.5. The van der Waals surface area contributed by atoms with E-state index >= 15 is 0 Å². The minimum atomic E-state index is -0.0123. The molecule has 1 amide bonds. The first-order valence-corrected chi connectivity index (χ1v) is 6.87. The van der Waals surface area contributed by atoms with Crippen molar-refractivity contribution in [2.45, 2.75) is 18.2 Å². The Hall–Kier alpha value is -0.670. The Kier molecular flexibility index (Phi) is 6.34. The number of hydrogen-bond acceptors (Lipinski definition) is 2. The number of carbonyl (C=O) groups is 1. The molecule has 4 heteroatoms. The SMILES string of the molecule is CCSc1ccccc1C(=O)NCCCCl. The molecule has 1 N–H and O–H groups in total. The molecule has 1 aromatic rings. The second kappa shape index (κ2) is 7.58. The summed E-state index contributed by atoms with van der Waals surface area (Å²) in [5, 5.41) is 2.86. The molecule has 0 atom stereocenters. The fraction of sp³-hybridized carbons (Fsp3) is 0.417. The van der Waals surface area contributed by atoms with Gasteiger partial charge >= 0.3 is 0 Å². The van der Waals surface area contributed by atoms with Crippen molar-refractivity contribution in [1.29, 1.82) is 0 Å². The third-order valence-corrected chi connectivity index (χ3v) is 3.25. The fourth-order valence-electron chi connectivity index (χ4n) is 1.30. The van der Waals surface area contributed by atoms with Crippen LogP contribution >= 0.6 is 23.4 Å². The van der Waals surface area contributed by atoms with Crippen LogP contribution in [0.2, 0.25) is 0 Å². The lowest BCUT2D eigenvalue weighted by Gasteiger charge is -2.08. The van der Waals surface area contributed by atoms with Gasteiger partial charge in [-0.2, -0.15) is 0 Å². The lowest BCUT2D eigenvalue weighted by atomic mass is 10.2. The molecule has 0 unspecified atom stereocenters. The number of nitrogens with one attached hydrogen (secondary N) is 1. The van der Waals surface area contributed by atoms with E-state index in [1.165, 1.54) is 0 Å². The number of carbonyl (C=O) groups excluding carboxylic acids is 1. The van der Waals surface area contributed by atoms with Gasteiger partial charge in [0.25, 0.3) is 5.91 Å². The van der Waals surface area contributed by atoms with Gasteiger partial charge in [0, 0.05) is 17.3 Å². The molecule has 0 aliphatic carbocycles. The number of hydrogen-bond donors (Lipinski definition) is 1. The van der Waals surface area contributed by atoms with Crippen molar-refractivity contribution in [2.24, 2.45) is 0 Å². The maximum Gasteiger partial charge on any atom is 0.252 e. The van der Waals surface area contributed by atoms with Gasteiger partial charge in [-0.15, -0.1) is 23.4 Å². The van der Waals surface area contributed by atoms with Crippen LogP contribution in [0.5, 0.6) is 0 Å². The molecule has 0 spiro atoms. The molecule has 1 aromatic carbocycles. The molecule has 1 rings (SSSR count). The predicted molar refractivity (Wildman–Crippen MR) is 70.5 cm³/mol.